The molecule has 1 atom stereocenters. The highest BCUT2D eigenvalue weighted by Gasteiger charge is 2.37. The summed E-state index contributed by atoms with van der Waals surface area (Å²) in [5.41, 5.74) is 11.0. The van der Waals surface area contributed by atoms with Crippen LogP contribution in [0.25, 0.3) is 0 Å². The Labute approximate surface area is 163 Å². The van der Waals surface area contributed by atoms with Crippen molar-refractivity contribution in [3.63, 3.8) is 0 Å². The molecule has 3 rings (SSSR count). The molecule has 4 N–H and O–H groups in total. The summed E-state index contributed by atoms with van der Waals surface area (Å²) in [7, 11) is 0. The maximum atomic E-state index is 12.4. The first kappa shape index (κ1) is 19.8. The van der Waals surface area contributed by atoms with E-state index < -0.39 is 11.4 Å². The van der Waals surface area contributed by atoms with Crippen LogP contribution in [0.1, 0.15) is 36.5 Å². The van der Waals surface area contributed by atoms with Gasteiger partial charge in [-0.2, -0.15) is 0 Å². The van der Waals surface area contributed by atoms with Gasteiger partial charge in [-0.05, 0) is 30.5 Å². The summed E-state index contributed by atoms with van der Waals surface area (Å²) in [4.78, 5) is 37.0. The lowest BCUT2D eigenvalue weighted by molar-refractivity contribution is -0.124. The maximum absolute atomic E-state index is 12.4. The van der Waals surface area contributed by atoms with Gasteiger partial charge in [-0.15, -0.1) is 0 Å². The average Bonchev–Trinajstić information content (AvgIpc) is 3.22. The fourth-order valence-electron chi connectivity index (χ4n) is 3.39. The first-order chi connectivity index (χ1) is 13.3. The zero-order valence-electron chi connectivity index (χ0n) is 16.2. The van der Waals surface area contributed by atoms with Crippen molar-refractivity contribution < 1.29 is 14.0 Å². The van der Waals surface area contributed by atoms with Gasteiger partial charge in [-0.25, -0.2) is 9.97 Å². The second kappa shape index (κ2) is 7.97. The van der Waals surface area contributed by atoms with Gasteiger partial charge < -0.3 is 25.7 Å². The molecule has 2 aromatic rings. The zero-order chi connectivity index (χ0) is 20.3. The van der Waals surface area contributed by atoms with Crippen LogP contribution in [0, 0.1) is 5.92 Å². The van der Waals surface area contributed by atoms with Gasteiger partial charge in [0.2, 0.25) is 11.9 Å². The van der Waals surface area contributed by atoms with Gasteiger partial charge in [-0.1, -0.05) is 13.8 Å². The third kappa shape index (κ3) is 3.99. The van der Waals surface area contributed by atoms with Crippen LogP contribution in [0.3, 0.4) is 0 Å². The molecule has 1 fully saturated rings. The third-order valence-corrected chi connectivity index (χ3v) is 4.85. The number of piperazine rings is 1. The Morgan fingerprint density at radius 1 is 1.25 bits per heavy atom. The number of amides is 2. The SMILES string of the molecule is CC(C)C[C@](N)(C(N)=O)c1ccnc(N2CCN(C(=O)c3ccco3)CC2)n1. The lowest BCUT2D eigenvalue weighted by Gasteiger charge is -2.35. The van der Waals surface area contributed by atoms with E-state index in [-0.39, 0.29) is 11.8 Å². The molecule has 9 nitrogen and oxygen atoms in total. The molecular formula is C19H26N6O3. The number of furan rings is 1. The van der Waals surface area contributed by atoms with Crippen molar-refractivity contribution in [3.8, 4) is 0 Å². The summed E-state index contributed by atoms with van der Waals surface area (Å²) in [6.07, 6.45) is 3.46. The van der Waals surface area contributed by atoms with E-state index in [1.807, 2.05) is 18.7 Å². The minimum atomic E-state index is -1.34. The van der Waals surface area contributed by atoms with E-state index >= 15 is 0 Å². The lowest BCUT2D eigenvalue weighted by atomic mass is 9.86. The molecule has 3 heterocycles. The monoisotopic (exact) mass is 386 g/mol. The van der Waals surface area contributed by atoms with E-state index in [0.29, 0.717) is 50.0 Å². The Bertz CT molecular complexity index is 830. The van der Waals surface area contributed by atoms with E-state index in [0.717, 1.165) is 0 Å². The molecule has 1 aliphatic heterocycles. The molecule has 9 heteroatoms. The van der Waals surface area contributed by atoms with Gasteiger partial charge in [0.15, 0.2) is 5.76 Å². The number of hydrogen-bond donors (Lipinski definition) is 2. The van der Waals surface area contributed by atoms with Crippen molar-refractivity contribution in [1.82, 2.24) is 14.9 Å². The summed E-state index contributed by atoms with van der Waals surface area (Å²) in [6.45, 7) is 6.11. The smallest absolute Gasteiger partial charge is 0.289 e. The second-order valence-electron chi connectivity index (χ2n) is 7.43. The largest absolute Gasteiger partial charge is 0.459 e. The average molecular weight is 386 g/mol. The summed E-state index contributed by atoms with van der Waals surface area (Å²) < 4.78 is 5.18. The fraction of sp³-hybridized carbons (Fsp3) is 0.474. The molecule has 0 saturated carbocycles. The summed E-state index contributed by atoms with van der Waals surface area (Å²) in [5, 5.41) is 0. The zero-order valence-corrected chi connectivity index (χ0v) is 16.2. The Balaban J connectivity index is 1.73. The molecule has 1 saturated heterocycles. The fourth-order valence-corrected chi connectivity index (χ4v) is 3.39. The van der Waals surface area contributed by atoms with Crippen molar-refractivity contribution in [2.75, 3.05) is 31.1 Å². The number of nitrogens with two attached hydrogens (primary N) is 2. The van der Waals surface area contributed by atoms with Gasteiger partial charge in [0, 0.05) is 32.4 Å². The Kier molecular flexibility index (Phi) is 5.64. The molecule has 28 heavy (non-hydrogen) atoms. The normalized spacial score (nSPS) is 16.9. The molecule has 0 spiro atoms. The highest BCUT2D eigenvalue weighted by Crippen LogP contribution is 2.26. The first-order valence-corrected chi connectivity index (χ1v) is 9.31. The van der Waals surface area contributed by atoms with Gasteiger partial charge in [-0.3, -0.25) is 9.59 Å². The summed E-state index contributed by atoms with van der Waals surface area (Å²) in [5.74, 6) is 0.231. The summed E-state index contributed by atoms with van der Waals surface area (Å²) in [6, 6.07) is 4.98. The molecule has 0 unspecified atom stereocenters. The molecule has 2 amide bonds. The quantitative estimate of drug-likeness (QED) is 0.747. The first-order valence-electron chi connectivity index (χ1n) is 9.31. The van der Waals surface area contributed by atoms with Crippen molar-refractivity contribution in [1.29, 1.82) is 0 Å². The predicted molar refractivity (Wildman–Crippen MR) is 103 cm³/mol. The molecule has 0 bridgehead atoms. The van der Waals surface area contributed by atoms with E-state index in [4.69, 9.17) is 15.9 Å². The number of hydrogen-bond acceptors (Lipinski definition) is 7. The minimum Gasteiger partial charge on any atom is -0.459 e. The van der Waals surface area contributed by atoms with Crippen molar-refractivity contribution in [2.45, 2.75) is 25.8 Å². The van der Waals surface area contributed by atoms with Crippen LogP contribution in [0.2, 0.25) is 0 Å². The highest BCUT2D eigenvalue weighted by molar-refractivity contribution is 5.91. The Morgan fingerprint density at radius 3 is 2.54 bits per heavy atom. The van der Waals surface area contributed by atoms with E-state index in [9.17, 15) is 9.59 Å². The Morgan fingerprint density at radius 2 is 1.96 bits per heavy atom. The molecule has 1 aliphatic rings. The number of carbonyl (C=O) groups is 2. The Hall–Kier alpha value is -2.94. The van der Waals surface area contributed by atoms with Gasteiger partial charge in [0.1, 0.15) is 5.54 Å². The van der Waals surface area contributed by atoms with E-state index in [2.05, 4.69) is 9.97 Å². The van der Waals surface area contributed by atoms with Gasteiger partial charge >= 0.3 is 0 Å². The summed E-state index contributed by atoms with van der Waals surface area (Å²) >= 11 is 0. The number of carbonyl (C=O) groups excluding carboxylic acids is 2. The molecule has 2 aromatic heterocycles. The number of primary amides is 1. The molecule has 0 aromatic carbocycles. The molecule has 150 valence electrons. The third-order valence-electron chi connectivity index (χ3n) is 4.85. The number of aromatic nitrogens is 2. The lowest BCUT2D eigenvalue weighted by Crippen LogP contribution is -2.51. The van der Waals surface area contributed by atoms with Crippen LogP contribution in [0.15, 0.2) is 35.1 Å². The van der Waals surface area contributed by atoms with Gasteiger partial charge in [0.25, 0.3) is 5.91 Å². The van der Waals surface area contributed by atoms with Crippen molar-refractivity contribution >= 4 is 17.8 Å². The van der Waals surface area contributed by atoms with Crippen LogP contribution in [0.5, 0.6) is 0 Å². The van der Waals surface area contributed by atoms with Crippen LogP contribution >= 0.6 is 0 Å². The van der Waals surface area contributed by atoms with Crippen molar-refractivity contribution in [3.05, 3.63) is 42.1 Å². The van der Waals surface area contributed by atoms with Gasteiger partial charge in [0.05, 0.1) is 12.0 Å². The molecule has 0 radical (unpaired) electrons. The molecular weight excluding hydrogens is 360 g/mol. The predicted octanol–water partition coefficient (Wildman–Crippen LogP) is 0.717. The minimum absolute atomic E-state index is 0.133. The second-order valence-corrected chi connectivity index (χ2v) is 7.43. The number of rotatable bonds is 6. The standard InChI is InChI=1S/C19H26N6O3/c1-13(2)12-19(21,17(20)27)15-5-6-22-18(23-15)25-9-7-24(8-10-25)16(26)14-4-3-11-28-14/h3-6,11,13H,7-10,12,21H2,1-2H3,(H2,20,27)/t19-/m1/s1. The number of nitrogens with zero attached hydrogens (tertiary/aromatic N) is 4. The van der Waals surface area contributed by atoms with Crippen LogP contribution in [-0.2, 0) is 10.3 Å². The van der Waals surface area contributed by atoms with E-state index in [1.54, 1.807) is 29.3 Å². The highest BCUT2D eigenvalue weighted by atomic mass is 16.3. The topological polar surface area (TPSA) is 132 Å². The van der Waals surface area contributed by atoms with E-state index in [1.165, 1.54) is 6.26 Å². The van der Waals surface area contributed by atoms with Crippen LogP contribution < -0.4 is 16.4 Å². The van der Waals surface area contributed by atoms with Crippen LogP contribution in [0.4, 0.5) is 5.95 Å². The molecule has 0 aliphatic carbocycles. The van der Waals surface area contributed by atoms with Crippen molar-refractivity contribution in [2.24, 2.45) is 17.4 Å². The van der Waals surface area contributed by atoms with Crippen LogP contribution in [-0.4, -0.2) is 52.9 Å². The maximum Gasteiger partial charge on any atom is 0.289 e. The number of anilines is 1.